The Morgan fingerprint density at radius 2 is 2.19 bits per heavy atom. The van der Waals surface area contributed by atoms with Crippen LogP contribution >= 0.6 is 0 Å². The molecule has 0 fully saturated rings. The number of carbonyl (C=O) groups excluding carboxylic acids is 2. The quantitative estimate of drug-likeness (QED) is 0.739. The summed E-state index contributed by atoms with van der Waals surface area (Å²) in [6.07, 6.45) is 1.83. The standard InChI is InChI=1S/C14H18N4O3/c1-17(14(20)21-2)10-5-7-13(19)18(11-8-15)12-6-3-4-9-16-12/h3-4,6,9H,5,7,10-11H2,1-2H3. The molecule has 7 heteroatoms. The molecule has 2 amide bonds. The first kappa shape index (κ1) is 16.4. The molecule has 0 spiro atoms. The second-order valence-corrected chi connectivity index (χ2v) is 4.32. The topological polar surface area (TPSA) is 86.5 Å². The van der Waals surface area contributed by atoms with E-state index in [-0.39, 0.29) is 18.9 Å². The summed E-state index contributed by atoms with van der Waals surface area (Å²) in [5, 5.41) is 8.82. The molecule has 0 aliphatic carbocycles. The highest BCUT2D eigenvalue weighted by Crippen LogP contribution is 2.11. The molecular formula is C14H18N4O3. The van der Waals surface area contributed by atoms with Crippen LogP contribution in [0.4, 0.5) is 10.6 Å². The van der Waals surface area contributed by atoms with E-state index in [1.54, 1.807) is 31.4 Å². The molecule has 112 valence electrons. The number of aromatic nitrogens is 1. The second kappa shape index (κ2) is 8.53. The van der Waals surface area contributed by atoms with Crippen molar-refractivity contribution in [3.05, 3.63) is 24.4 Å². The maximum Gasteiger partial charge on any atom is 0.409 e. The van der Waals surface area contributed by atoms with Crippen LogP contribution in [-0.4, -0.2) is 49.1 Å². The number of hydrogen-bond acceptors (Lipinski definition) is 5. The molecule has 0 N–H and O–H groups in total. The van der Waals surface area contributed by atoms with E-state index in [4.69, 9.17) is 5.26 Å². The Kier molecular flexibility index (Phi) is 6.68. The lowest BCUT2D eigenvalue weighted by molar-refractivity contribution is -0.118. The van der Waals surface area contributed by atoms with Crippen molar-refractivity contribution in [1.29, 1.82) is 5.26 Å². The molecule has 0 unspecified atom stereocenters. The summed E-state index contributed by atoms with van der Waals surface area (Å²) < 4.78 is 4.56. The Hall–Kier alpha value is -2.62. The van der Waals surface area contributed by atoms with Crippen molar-refractivity contribution in [1.82, 2.24) is 9.88 Å². The van der Waals surface area contributed by atoms with Gasteiger partial charge in [0.1, 0.15) is 12.4 Å². The van der Waals surface area contributed by atoms with Gasteiger partial charge in [-0.1, -0.05) is 6.07 Å². The lowest BCUT2D eigenvalue weighted by Crippen LogP contribution is -2.33. The number of ether oxygens (including phenoxy) is 1. The van der Waals surface area contributed by atoms with Crippen molar-refractivity contribution in [2.24, 2.45) is 0 Å². The van der Waals surface area contributed by atoms with E-state index < -0.39 is 6.09 Å². The van der Waals surface area contributed by atoms with Crippen molar-refractivity contribution < 1.29 is 14.3 Å². The van der Waals surface area contributed by atoms with Crippen LogP contribution in [0.1, 0.15) is 12.8 Å². The lowest BCUT2D eigenvalue weighted by Gasteiger charge is -2.19. The van der Waals surface area contributed by atoms with Gasteiger partial charge in [-0.15, -0.1) is 0 Å². The number of nitriles is 1. The van der Waals surface area contributed by atoms with Crippen molar-refractivity contribution in [2.75, 3.05) is 32.1 Å². The first-order valence-electron chi connectivity index (χ1n) is 6.47. The minimum Gasteiger partial charge on any atom is -0.453 e. The van der Waals surface area contributed by atoms with Gasteiger partial charge < -0.3 is 9.64 Å². The van der Waals surface area contributed by atoms with E-state index in [9.17, 15) is 9.59 Å². The molecule has 1 aromatic rings. The third-order valence-corrected chi connectivity index (χ3v) is 2.83. The van der Waals surface area contributed by atoms with Crippen molar-refractivity contribution in [2.45, 2.75) is 12.8 Å². The van der Waals surface area contributed by atoms with Gasteiger partial charge in [0.25, 0.3) is 0 Å². The van der Waals surface area contributed by atoms with E-state index in [0.29, 0.717) is 18.8 Å². The highest BCUT2D eigenvalue weighted by atomic mass is 16.5. The van der Waals surface area contributed by atoms with E-state index in [1.165, 1.54) is 16.9 Å². The SMILES string of the molecule is COC(=O)N(C)CCCC(=O)N(CC#N)c1ccccn1. The molecule has 0 saturated carbocycles. The fourth-order valence-electron chi connectivity index (χ4n) is 1.73. The maximum atomic E-state index is 12.2. The zero-order valence-corrected chi connectivity index (χ0v) is 12.2. The number of methoxy groups -OCH3 is 1. The Bertz CT molecular complexity index is 513. The maximum absolute atomic E-state index is 12.2. The summed E-state index contributed by atoms with van der Waals surface area (Å²) in [5.41, 5.74) is 0. The molecule has 0 bridgehead atoms. The van der Waals surface area contributed by atoms with Crippen LogP contribution in [0, 0.1) is 11.3 Å². The molecule has 1 aromatic heterocycles. The van der Waals surface area contributed by atoms with Gasteiger partial charge in [0, 0.05) is 26.2 Å². The molecule has 0 aromatic carbocycles. The van der Waals surface area contributed by atoms with Crippen LogP contribution in [0.2, 0.25) is 0 Å². The largest absolute Gasteiger partial charge is 0.453 e. The predicted molar refractivity (Wildman–Crippen MR) is 76.5 cm³/mol. The molecular weight excluding hydrogens is 272 g/mol. The number of hydrogen-bond donors (Lipinski definition) is 0. The van der Waals surface area contributed by atoms with Gasteiger partial charge >= 0.3 is 6.09 Å². The Labute approximate surface area is 123 Å². The monoisotopic (exact) mass is 290 g/mol. The third kappa shape index (κ3) is 5.10. The number of carbonyl (C=O) groups is 2. The molecule has 0 aliphatic heterocycles. The van der Waals surface area contributed by atoms with Gasteiger partial charge in [0.2, 0.25) is 5.91 Å². The Balaban J connectivity index is 2.55. The smallest absolute Gasteiger partial charge is 0.409 e. The van der Waals surface area contributed by atoms with Gasteiger partial charge in [-0.05, 0) is 18.6 Å². The Morgan fingerprint density at radius 1 is 1.43 bits per heavy atom. The van der Waals surface area contributed by atoms with E-state index >= 15 is 0 Å². The number of anilines is 1. The van der Waals surface area contributed by atoms with E-state index in [1.807, 2.05) is 6.07 Å². The van der Waals surface area contributed by atoms with Crippen LogP contribution in [-0.2, 0) is 9.53 Å². The second-order valence-electron chi connectivity index (χ2n) is 4.32. The number of pyridine rings is 1. The molecule has 1 rings (SSSR count). The number of nitrogens with zero attached hydrogens (tertiary/aromatic N) is 4. The highest BCUT2D eigenvalue weighted by molar-refractivity contribution is 5.92. The summed E-state index contributed by atoms with van der Waals surface area (Å²) >= 11 is 0. The highest BCUT2D eigenvalue weighted by Gasteiger charge is 2.16. The molecule has 7 nitrogen and oxygen atoms in total. The minimum atomic E-state index is -0.443. The fourth-order valence-corrected chi connectivity index (χ4v) is 1.73. The number of amides is 2. The first-order chi connectivity index (χ1) is 10.1. The third-order valence-electron chi connectivity index (χ3n) is 2.83. The van der Waals surface area contributed by atoms with Crippen molar-refractivity contribution in [3.63, 3.8) is 0 Å². The van der Waals surface area contributed by atoms with Crippen LogP contribution in [0.3, 0.4) is 0 Å². The average molecular weight is 290 g/mol. The van der Waals surface area contributed by atoms with Crippen LogP contribution < -0.4 is 4.90 Å². The molecule has 21 heavy (non-hydrogen) atoms. The zero-order valence-electron chi connectivity index (χ0n) is 12.2. The van der Waals surface area contributed by atoms with Crippen molar-refractivity contribution in [3.8, 4) is 6.07 Å². The summed E-state index contributed by atoms with van der Waals surface area (Å²) in [6, 6.07) is 7.13. The normalized spacial score (nSPS) is 9.57. The zero-order chi connectivity index (χ0) is 15.7. The van der Waals surface area contributed by atoms with Gasteiger partial charge in [-0.25, -0.2) is 9.78 Å². The Morgan fingerprint density at radius 3 is 2.76 bits per heavy atom. The van der Waals surface area contributed by atoms with Crippen LogP contribution in [0.5, 0.6) is 0 Å². The molecule has 0 aliphatic rings. The summed E-state index contributed by atoms with van der Waals surface area (Å²) in [7, 11) is 2.90. The van der Waals surface area contributed by atoms with Crippen molar-refractivity contribution >= 4 is 17.8 Å². The molecule has 0 atom stereocenters. The molecule has 0 saturated heterocycles. The predicted octanol–water partition coefficient (Wildman–Crippen LogP) is 1.42. The molecule has 1 heterocycles. The minimum absolute atomic E-state index is 0.0529. The van der Waals surface area contributed by atoms with Crippen LogP contribution in [0.15, 0.2) is 24.4 Å². The first-order valence-corrected chi connectivity index (χ1v) is 6.47. The van der Waals surface area contributed by atoms with Crippen LogP contribution in [0.25, 0.3) is 0 Å². The summed E-state index contributed by atoms with van der Waals surface area (Å²) in [6.45, 7) is 0.351. The van der Waals surface area contributed by atoms with Gasteiger partial charge in [-0.2, -0.15) is 5.26 Å². The van der Waals surface area contributed by atoms with E-state index in [2.05, 4.69) is 9.72 Å². The van der Waals surface area contributed by atoms with Gasteiger partial charge in [0.05, 0.1) is 13.2 Å². The van der Waals surface area contributed by atoms with Gasteiger partial charge in [-0.3, -0.25) is 9.69 Å². The van der Waals surface area contributed by atoms with Gasteiger partial charge in [0.15, 0.2) is 0 Å². The summed E-state index contributed by atoms with van der Waals surface area (Å²) in [5.74, 6) is 0.249. The average Bonchev–Trinajstić information content (AvgIpc) is 2.52. The summed E-state index contributed by atoms with van der Waals surface area (Å²) in [4.78, 5) is 30.2. The number of rotatable bonds is 6. The lowest BCUT2D eigenvalue weighted by atomic mass is 10.2. The van der Waals surface area contributed by atoms with E-state index in [0.717, 1.165) is 0 Å². The molecule has 0 radical (unpaired) electrons. The fraction of sp³-hybridized carbons (Fsp3) is 0.429.